The molecule has 1 aliphatic rings. The van der Waals surface area contributed by atoms with E-state index in [0.717, 1.165) is 41.4 Å². The zero-order valence-corrected chi connectivity index (χ0v) is 13.2. The highest BCUT2D eigenvalue weighted by molar-refractivity contribution is 14.1. The Balaban J connectivity index is 2.14. The number of hydrogen-bond acceptors (Lipinski definition) is 2. The fourth-order valence-electron chi connectivity index (χ4n) is 2.23. The highest BCUT2D eigenvalue weighted by Crippen LogP contribution is 2.32. The van der Waals surface area contributed by atoms with Gasteiger partial charge in [0.2, 0.25) is 0 Å². The molecule has 0 bridgehead atoms. The van der Waals surface area contributed by atoms with E-state index in [0.29, 0.717) is 3.57 Å². The number of rotatable bonds is 1. The van der Waals surface area contributed by atoms with Crippen molar-refractivity contribution < 1.29 is 9.13 Å². The SMILES string of the molecule is Fc1cc2c(cc1I)c(Br)nn2C1CCCCO1. The lowest BCUT2D eigenvalue weighted by molar-refractivity contribution is -0.0368. The quantitative estimate of drug-likeness (QED) is 0.640. The van der Waals surface area contributed by atoms with E-state index in [9.17, 15) is 4.39 Å². The van der Waals surface area contributed by atoms with Crippen LogP contribution in [0.2, 0.25) is 0 Å². The predicted molar refractivity (Wildman–Crippen MR) is 78.9 cm³/mol. The second-order valence-corrected chi connectivity index (χ2v) is 6.25. The number of ether oxygens (including phenoxy) is 1. The Labute approximate surface area is 126 Å². The molecule has 3 nitrogen and oxygen atoms in total. The van der Waals surface area contributed by atoms with Crippen molar-refractivity contribution in [1.29, 1.82) is 0 Å². The van der Waals surface area contributed by atoms with Crippen LogP contribution in [0.1, 0.15) is 25.5 Å². The fraction of sp³-hybridized carbons (Fsp3) is 0.417. The van der Waals surface area contributed by atoms with Crippen molar-refractivity contribution in [2.75, 3.05) is 6.61 Å². The van der Waals surface area contributed by atoms with E-state index in [2.05, 4.69) is 21.0 Å². The molecule has 1 fully saturated rings. The van der Waals surface area contributed by atoms with E-state index in [4.69, 9.17) is 4.74 Å². The molecule has 1 aliphatic heterocycles. The van der Waals surface area contributed by atoms with Crippen LogP contribution in [0.25, 0.3) is 10.9 Å². The van der Waals surface area contributed by atoms with Gasteiger partial charge in [0.15, 0.2) is 6.23 Å². The number of halogens is 3. The van der Waals surface area contributed by atoms with Crippen molar-refractivity contribution in [2.45, 2.75) is 25.5 Å². The Kier molecular flexibility index (Phi) is 3.59. The van der Waals surface area contributed by atoms with Gasteiger partial charge >= 0.3 is 0 Å². The van der Waals surface area contributed by atoms with Crippen LogP contribution < -0.4 is 0 Å². The number of hydrogen-bond donors (Lipinski definition) is 0. The van der Waals surface area contributed by atoms with Gasteiger partial charge in [-0.3, -0.25) is 0 Å². The molecule has 1 atom stereocenters. The van der Waals surface area contributed by atoms with Crippen LogP contribution in [-0.4, -0.2) is 16.4 Å². The molecule has 3 rings (SSSR count). The smallest absolute Gasteiger partial charge is 0.150 e. The largest absolute Gasteiger partial charge is 0.356 e. The number of nitrogens with zero attached hydrogens (tertiary/aromatic N) is 2. The second kappa shape index (κ2) is 5.05. The molecule has 0 N–H and O–H groups in total. The third-order valence-corrected chi connectivity index (χ3v) is 4.54. The fourth-order valence-corrected chi connectivity index (χ4v) is 3.19. The van der Waals surface area contributed by atoms with Crippen molar-refractivity contribution >= 4 is 49.4 Å². The van der Waals surface area contributed by atoms with Gasteiger partial charge in [0.25, 0.3) is 0 Å². The van der Waals surface area contributed by atoms with Crippen molar-refractivity contribution in [1.82, 2.24) is 9.78 Å². The molecular weight excluding hydrogens is 414 g/mol. The van der Waals surface area contributed by atoms with Gasteiger partial charge in [0.1, 0.15) is 10.4 Å². The van der Waals surface area contributed by atoms with Gasteiger partial charge in [-0.25, -0.2) is 9.07 Å². The molecule has 0 spiro atoms. The van der Waals surface area contributed by atoms with Crippen LogP contribution in [0.4, 0.5) is 4.39 Å². The molecule has 2 aromatic rings. The van der Waals surface area contributed by atoms with Crippen LogP contribution in [0.3, 0.4) is 0 Å². The highest BCUT2D eigenvalue weighted by Gasteiger charge is 2.21. The molecule has 0 aliphatic carbocycles. The molecule has 18 heavy (non-hydrogen) atoms. The van der Waals surface area contributed by atoms with Gasteiger partial charge in [0, 0.05) is 21.6 Å². The van der Waals surface area contributed by atoms with Crippen LogP contribution in [0, 0.1) is 9.39 Å². The molecule has 1 aromatic carbocycles. The van der Waals surface area contributed by atoms with Crippen molar-refractivity contribution in [2.24, 2.45) is 0 Å². The predicted octanol–water partition coefficient (Wildman–Crippen LogP) is 4.24. The van der Waals surface area contributed by atoms with E-state index in [1.165, 1.54) is 6.07 Å². The summed E-state index contributed by atoms with van der Waals surface area (Å²) in [5, 5.41) is 5.36. The van der Waals surface area contributed by atoms with Gasteiger partial charge in [-0.1, -0.05) is 0 Å². The Morgan fingerprint density at radius 3 is 3.00 bits per heavy atom. The highest BCUT2D eigenvalue weighted by atomic mass is 127. The first-order valence-electron chi connectivity index (χ1n) is 5.81. The van der Waals surface area contributed by atoms with Crippen LogP contribution in [-0.2, 0) is 4.74 Å². The molecule has 0 radical (unpaired) electrons. The summed E-state index contributed by atoms with van der Waals surface area (Å²) in [6.07, 6.45) is 3.06. The Bertz CT molecular complexity index is 595. The third kappa shape index (κ3) is 2.18. The van der Waals surface area contributed by atoms with Crippen molar-refractivity contribution in [3.05, 3.63) is 26.1 Å². The maximum absolute atomic E-state index is 13.7. The van der Waals surface area contributed by atoms with Gasteiger partial charge in [0.05, 0.1) is 5.52 Å². The molecular formula is C12H11BrFIN2O. The Hall–Kier alpha value is -0.210. The summed E-state index contributed by atoms with van der Waals surface area (Å²) < 4.78 is 22.5. The lowest BCUT2D eigenvalue weighted by atomic mass is 10.2. The summed E-state index contributed by atoms with van der Waals surface area (Å²) in [4.78, 5) is 0. The van der Waals surface area contributed by atoms with E-state index >= 15 is 0 Å². The first-order chi connectivity index (χ1) is 8.66. The van der Waals surface area contributed by atoms with E-state index in [-0.39, 0.29) is 12.0 Å². The summed E-state index contributed by atoms with van der Waals surface area (Å²) in [7, 11) is 0. The van der Waals surface area contributed by atoms with E-state index in [1.54, 1.807) is 4.68 Å². The molecule has 6 heteroatoms. The van der Waals surface area contributed by atoms with Gasteiger partial charge in [-0.15, -0.1) is 0 Å². The van der Waals surface area contributed by atoms with Crippen molar-refractivity contribution in [3.8, 4) is 0 Å². The average molecular weight is 425 g/mol. The third-order valence-electron chi connectivity index (χ3n) is 3.13. The first-order valence-corrected chi connectivity index (χ1v) is 7.68. The van der Waals surface area contributed by atoms with Crippen LogP contribution in [0.15, 0.2) is 16.7 Å². The minimum absolute atomic E-state index is 0.0768. The minimum atomic E-state index is -0.215. The van der Waals surface area contributed by atoms with Gasteiger partial charge in [-0.05, 0) is 63.8 Å². The normalized spacial score (nSPS) is 20.5. The zero-order valence-electron chi connectivity index (χ0n) is 9.50. The lowest BCUT2D eigenvalue weighted by Gasteiger charge is -2.23. The topological polar surface area (TPSA) is 27.1 Å². The van der Waals surface area contributed by atoms with Gasteiger partial charge < -0.3 is 4.74 Å². The summed E-state index contributed by atoms with van der Waals surface area (Å²) >= 11 is 5.42. The number of benzene rings is 1. The average Bonchev–Trinajstić information content (AvgIpc) is 2.69. The molecule has 0 amide bonds. The van der Waals surface area contributed by atoms with Crippen LogP contribution in [0.5, 0.6) is 0 Å². The molecule has 1 saturated heterocycles. The first kappa shape index (κ1) is 12.8. The maximum atomic E-state index is 13.7. The molecule has 1 aromatic heterocycles. The van der Waals surface area contributed by atoms with Gasteiger partial charge in [-0.2, -0.15) is 5.10 Å². The maximum Gasteiger partial charge on any atom is 0.150 e. The van der Waals surface area contributed by atoms with E-state index < -0.39 is 0 Å². The Morgan fingerprint density at radius 2 is 2.28 bits per heavy atom. The molecule has 1 unspecified atom stereocenters. The number of fused-ring (bicyclic) bond motifs is 1. The zero-order chi connectivity index (χ0) is 12.7. The summed E-state index contributed by atoms with van der Waals surface area (Å²) in [6, 6.07) is 3.34. The second-order valence-electron chi connectivity index (χ2n) is 4.34. The summed E-state index contributed by atoms with van der Waals surface area (Å²) in [5.41, 5.74) is 0.784. The van der Waals surface area contributed by atoms with E-state index in [1.807, 2.05) is 28.7 Å². The monoisotopic (exact) mass is 424 g/mol. The molecule has 2 heterocycles. The van der Waals surface area contributed by atoms with Crippen LogP contribution >= 0.6 is 38.5 Å². The standard InChI is InChI=1S/C12H11BrFIN2O/c13-12-7-5-9(15)8(14)6-10(7)17(16-12)11-3-1-2-4-18-11/h5-6,11H,1-4H2. The lowest BCUT2D eigenvalue weighted by Crippen LogP contribution is -2.19. The summed E-state index contributed by atoms with van der Waals surface area (Å²) in [5.74, 6) is -0.215. The summed E-state index contributed by atoms with van der Waals surface area (Å²) in [6.45, 7) is 0.747. The van der Waals surface area contributed by atoms with Crippen molar-refractivity contribution in [3.63, 3.8) is 0 Å². The molecule has 0 saturated carbocycles. The Morgan fingerprint density at radius 1 is 1.44 bits per heavy atom. The molecule has 96 valence electrons. The minimum Gasteiger partial charge on any atom is -0.356 e. The number of aromatic nitrogens is 2.